The second-order valence-electron chi connectivity index (χ2n) is 7.87. The van der Waals surface area contributed by atoms with E-state index in [0.29, 0.717) is 52.6 Å². The Balaban J connectivity index is 0.00000274. The highest BCUT2D eigenvalue weighted by Crippen LogP contribution is 2.34. The molecule has 1 aliphatic rings. The van der Waals surface area contributed by atoms with E-state index in [1.807, 2.05) is 41.2 Å². The number of aryl methyl sites for hydroxylation is 1. The Morgan fingerprint density at radius 2 is 1.71 bits per heavy atom. The topological polar surface area (TPSA) is 59.1 Å². The van der Waals surface area contributed by atoms with Crippen LogP contribution in [0.15, 0.2) is 65.7 Å². The number of carbonyl (C=O) groups excluding carboxylic acids is 2. The van der Waals surface area contributed by atoms with Crippen molar-refractivity contribution in [1.82, 2.24) is 14.7 Å². The minimum atomic E-state index is -0.258. The summed E-state index contributed by atoms with van der Waals surface area (Å²) in [5.74, 6) is -0.516. The first-order valence-corrected chi connectivity index (χ1v) is 11.9. The van der Waals surface area contributed by atoms with Gasteiger partial charge in [-0.2, -0.15) is 0 Å². The van der Waals surface area contributed by atoms with Gasteiger partial charge in [0.1, 0.15) is 6.54 Å². The SMILES string of the molecule is O=C1c2cccc3c(Br)ccc(c23)C(=O)N1CCCn1c[n+](Cc2ccc(Cl)c(Cl)c2)cn1.[Br-]. The molecule has 0 fully saturated rings. The van der Waals surface area contributed by atoms with Crippen molar-refractivity contribution in [2.45, 2.75) is 19.5 Å². The zero-order chi connectivity index (χ0) is 23.1. The summed E-state index contributed by atoms with van der Waals surface area (Å²) in [5, 5.41) is 7.00. The van der Waals surface area contributed by atoms with Crippen molar-refractivity contribution in [3.8, 4) is 0 Å². The molecule has 0 unspecified atom stereocenters. The lowest BCUT2D eigenvalue weighted by atomic mass is 9.94. The van der Waals surface area contributed by atoms with E-state index < -0.39 is 0 Å². The molecule has 2 heterocycles. The van der Waals surface area contributed by atoms with Crippen LogP contribution in [0, 0.1) is 0 Å². The summed E-state index contributed by atoms with van der Waals surface area (Å²) in [6.07, 6.45) is 4.21. The van der Waals surface area contributed by atoms with Crippen LogP contribution < -0.4 is 21.5 Å². The summed E-state index contributed by atoms with van der Waals surface area (Å²) in [7, 11) is 0. The van der Waals surface area contributed by atoms with E-state index in [-0.39, 0.29) is 28.8 Å². The average molecular weight is 625 g/mol. The summed E-state index contributed by atoms with van der Waals surface area (Å²) >= 11 is 15.6. The highest BCUT2D eigenvalue weighted by Gasteiger charge is 2.32. The molecule has 10 heteroatoms. The zero-order valence-electron chi connectivity index (χ0n) is 17.7. The quantitative estimate of drug-likeness (QED) is 0.244. The van der Waals surface area contributed by atoms with Crippen molar-refractivity contribution < 1.29 is 31.1 Å². The van der Waals surface area contributed by atoms with Crippen LogP contribution in [-0.2, 0) is 13.1 Å². The van der Waals surface area contributed by atoms with Gasteiger partial charge in [0.15, 0.2) is 0 Å². The first-order valence-electron chi connectivity index (χ1n) is 10.4. The Morgan fingerprint density at radius 1 is 0.941 bits per heavy atom. The summed E-state index contributed by atoms with van der Waals surface area (Å²) in [4.78, 5) is 27.5. The standard InChI is InChI=1S/C24H18BrCl2N4O2.BrH/c25-19-7-6-18-22-16(19)3-1-4-17(22)23(32)31(24(18)33)10-2-9-30-14-29(13-28-30)12-15-5-8-20(26)21(27)11-15;/h1,3-8,11,13-14H,2,9-10,12H2;1H/q+1;/p-1. The maximum absolute atomic E-state index is 13.1. The van der Waals surface area contributed by atoms with E-state index in [2.05, 4.69) is 21.0 Å². The molecule has 0 saturated heterocycles. The van der Waals surface area contributed by atoms with E-state index in [1.165, 1.54) is 4.90 Å². The number of nitrogens with zero attached hydrogens (tertiary/aromatic N) is 4. The molecule has 0 aliphatic carbocycles. The van der Waals surface area contributed by atoms with Crippen molar-refractivity contribution in [1.29, 1.82) is 0 Å². The molecule has 6 nitrogen and oxygen atoms in total. The molecule has 0 radical (unpaired) electrons. The number of benzene rings is 3. The molecule has 3 aromatic carbocycles. The normalized spacial score (nSPS) is 12.9. The molecule has 1 aromatic heterocycles. The van der Waals surface area contributed by atoms with Gasteiger partial charge in [-0.1, -0.05) is 57.3 Å². The lowest BCUT2D eigenvalue weighted by Gasteiger charge is -2.27. The number of amides is 2. The van der Waals surface area contributed by atoms with Crippen LogP contribution in [0.4, 0.5) is 0 Å². The predicted molar refractivity (Wildman–Crippen MR) is 130 cm³/mol. The molecule has 2 amide bonds. The Kier molecular flexibility index (Phi) is 7.42. The van der Waals surface area contributed by atoms with Crippen molar-refractivity contribution in [2.75, 3.05) is 6.54 Å². The maximum Gasteiger partial charge on any atom is 0.265 e. The van der Waals surface area contributed by atoms with Gasteiger partial charge in [0.05, 0.1) is 16.6 Å². The summed E-state index contributed by atoms with van der Waals surface area (Å²) < 4.78 is 4.60. The Morgan fingerprint density at radius 3 is 2.47 bits per heavy atom. The number of rotatable bonds is 6. The van der Waals surface area contributed by atoms with Gasteiger partial charge in [-0.15, -0.1) is 4.68 Å². The number of carbonyl (C=O) groups is 2. The molecule has 5 rings (SSSR count). The van der Waals surface area contributed by atoms with Gasteiger partial charge in [-0.3, -0.25) is 14.5 Å². The van der Waals surface area contributed by atoms with Crippen molar-refractivity contribution in [2.24, 2.45) is 0 Å². The lowest BCUT2D eigenvalue weighted by molar-refractivity contribution is -0.689. The number of hydrogen-bond acceptors (Lipinski definition) is 3. The molecular weight excluding hydrogens is 607 g/mol. The summed E-state index contributed by atoms with van der Waals surface area (Å²) in [5.41, 5.74) is 2.13. The van der Waals surface area contributed by atoms with Crippen LogP contribution in [0.5, 0.6) is 0 Å². The minimum Gasteiger partial charge on any atom is -1.00 e. The molecule has 174 valence electrons. The largest absolute Gasteiger partial charge is 1.00 e. The van der Waals surface area contributed by atoms with Gasteiger partial charge in [-0.05, 0) is 47.7 Å². The molecule has 0 saturated carbocycles. The minimum absolute atomic E-state index is 0. The van der Waals surface area contributed by atoms with Crippen LogP contribution in [0.3, 0.4) is 0 Å². The van der Waals surface area contributed by atoms with E-state index >= 15 is 0 Å². The molecule has 0 bridgehead atoms. The second kappa shape index (κ2) is 10.2. The van der Waals surface area contributed by atoms with Crippen LogP contribution in [0.1, 0.15) is 32.7 Å². The summed E-state index contributed by atoms with van der Waals surface area (Å²) in [6.45, 7) is 1.50. The van der Waals surface area contributed by atoms with Gasteiger partial charge in [0.25, 0.3) is 18.1 Å². The number of halogens is 4. The van der Waals surface area contributed by atoms with Gasteiger partial charge in [0.2, 0.25) is 6.33 Å². The predicted octanol–water partition coefficient (Wildman–Crippen LogP) is 2.13. The van der Waals surface area contributed by atoms with Crippen LogP contribution >= 0.6 is 39.1 Å². The van der Waals surface area contributed by atoms with Gasteiger partial charge >= 0.3 is 0 Å². The fourth-order valence-corrected chi connectivity index (χ4v) is 4.90. The van der Waals surface area contributed by atoms with E-state index in [0.717, 1.165) is 15.4 Å². The molecule has 4 aromatic rings. The average Bonchev–Trinajstić information content (AvgIpc) is 3.25. The number of aromatic nitrogens is 3. The van der Waals surface area contributed by atoms with Gasteiger partial charge in [-0.25, -0.2) is 4.57 Å². The summed E-state index contributed by atoms with van der Waals surface area (Å²) in [6, 6.07) is 14.7. The monoisotopic (exact) mass is 622 g/mol. The van der Waals surface area contributed by atoms with Crippen molar-refractivity contribution in [3.05, 3.63) is 92.4 Å². The Bertz CT molecular complexity index is 1400. The van der Waals surface area contributed by atoms with Gasteiger partial charge in [0, 0.05) is 32.6 Å². The number of imide groups is 1. The molecule has 0 atom stereocenters. The Hall–Kier alpha value is -2.26. The van der Waals surface area contributed by atoms with Crippen LogP contribution in [-0.4, -0.2) is 33.0 Å². The molecular formula is C24H18Br2Cl2N4O2. The highest BCUT2D eigenvalue weighted by atomic mass is 79.9. The third kappa shape index (κ3) is 4.64. The Labute approximate surface area is 225 Å². The van der Waals surface area contributed by atoms with E-state index in [4.69, 9.17) is 23.2 Å². The lowest BCUT2D eigenvalue weighted by Crippen LogP contribution is -3.00. The zero-order valence-corrected chi connectivity index (χ0v) is 22.4. The first kappa shape index (κ1) is 24.9. The third-order valence-electron chi connectivity index (χ3n) is 5.69. The fourth-order valence-electron chi connectivity index (χ4n) is 4.11. The first-order chi connectivity index (χ1) is 15.9. The molecule has 0 spiro atoms. The van der Waals surface area contributed by atoms with Crippen molar-refractivity contribution in [3.63, 3.8) is 0 Å². The smallest absolute Gasteiger partial charge is 0.265 e. The molecule has 34 heavy (non-hydrogen) atoms. The van der Waals surface area contributed by atoms with E-state index in [1.54, 1.807) is 29.2 Å². The molecule has 1 aliphatic heterocycles. The van der Waals surface area contributed by atoms with E-state index in [9.17, 15) is 9.59 Å². The van der Waals surface area contributed by atoms with Crippen LogP contribution in [0.2, 0.25) is 10.0 Å². The number of hydrogen-bond donors (Lipinski definition) is 0. The van der Waals surface area contributed by atoms with Gasteiger partial charge < -0.3 is 17.0 Å². The molecule has 0 N–H and O–H groups in total. The highest BCUT2D eigenvalue weighted by molar-refractivity contribution is 9.10. The van der Waals surface area contributed by atoms with Crippen molar-refractivity contribution >= 4 is 61.7 Å². The fraction of sp³-hybridized carbons (Fsp3) is 0.167. The van der Waals surface area contributed by atoms with Crippen LogP contribution in [0.25, 0.3) is 10.8 Å². The maximum atomic E-state index is 13.1. The second-order valence-corrected chi connectivity index (χ2v) is 9.54. The third-order valence-corrected chi connectivity index (χ3v) is 7.12.